The number of benzene rings is 1. The van der Waals surface area contributed by atoms with E-state index < -0.39 is 15.8 Å². The number of nitrogens with zero attached hydrogens (tertiary/aromatic N) is 3. The first-order valence-corrected chi connectivity index (χ1v) is 12.4. The van der Waals surface area contributed by atoms with E-state index in [1.54, 1.807) is 30.9 Å². The van der Waals surface area contributed by atoms with E-state index in [0.29, 0.717) is 30.2 Å². The highest BCUT2D eigenvalue weighted by Gasteiger charge is 2.22. The van der Waals surface area contributed by atoms with Crippen molar-refractivity contribution in [2.24, 2.45) is 0 Å². The highest BCUT2D eigenvalue weighted by Crippen LogP contribution is 2.22. The van der Waals surface area contributed by atoms with Crippen LogP contribution in [-0.2, 0) is 21.4 Å². The molecule has 1 aromatic carbocycles. The SMILES string of the molecule is CCN(Cc1ccc(OC)c(F)c1)C(=O)CSc1ccc(S(=O)(=O)N(CC)CC)cn1. The van der Waals surface area contributed by atoms with Gasteiger partial charge in [-0.2, -0.15) is 4.31 Å². The summed E-state index contributed by atoms with van der Waals surface area (Å²) in [6.07, 6.45) is 1.32. The molecule has 0 fully saturated rings. The minimum Gasteiger partial charge on any atom is -0.494 e. The number of carbonyl (C=O) groups is 1. The maximum atomic E-state index is 13.9. The van der Waals surface area contributed by atoms with Crippen LogP contribution in [0.5, 0.6) is 5.75 Å². The molecule has 0 spiro atoms. The molecular weight excluding hydrogens is 441 g/mol. The van der Waals surface area contributed by atoms with Crippen molar-refractivity contribution >= 4 is 27.7 Å². The fourth-order valence-electron chi connectivity index (χ4n) is 2.95. The smallest absolute Gasteiger partial charge is 0.244 e. The standard InChI is InChI=1S/C21H28FN3O4S2/c1-5-24(14-16-8-10-19(29-4)18(22)12-16)21(26)15-30-20-11-9-17(13-23-20)31(27,28)25(6-2)7-3/h8-13H,5-7,14-15H2,1-4H3. The van der Waals surface area contributed by atoms with Crippen LogP contribution in [0.1, 0.15) is 26.3 Å². The van der Waals surface area contributed by atoms with E-state index in [2.05, 4.69) is 4.98 Å². The molecule has 0 aliphatic rings. The maximum absolute atomic E-state index is 13.9. The summed E-state index contributed by atoms with van der Waals surface area (Å²) in [4.78, 5) is 18.5. The summed E-state index contributed by atoms with van der Waals surface area (Å²) in [7, 11) is -2.16. The Balaban J connectivity index is 2.00. The van der Waals surface area contributed by atoms with Gasteiger partial charge in [-0.1, -0.05) is 31.7 Å². The molecule has 0 saturated carbocycles. The van der Waals surface area contributed by atoms with Crippen LogP contribution < -0.4 is 4.74 Å². The van der Waals surface area contributed by atoms with E-state index in [4.69, 9.17) is 4.74 Å². The number of hydrogen-bond donors (Lipinski definition) is 0. The zero-order valence-corrected chi connectivity index (χ0v) is 19.8. The van der Waals surface area contributed by atoms with Crippen LogP contribution in [-0.4, -0.2) is 61.0 Å². The van der Waals surface area contributed by atoms with Crippen molar-refractivity contribution in [3.8, 4) is 5.75 Å². The Morgan fingerprint density at radius 1 is 1.13 bits per heavy atom. The molecule has 0 aliphatic heterocycles. The summed E-state index contributed by atoms with van der Waals surface area (Å²) in [6, 6.07) is 7.73. The molecule has 31 heavy (non-hydrogen) atoms. The van der Waals surface area contributed by atoms with Gasteiger partial charge in [0.25, 0.3) is 0 Å². The number of rotatable bonds is 11. The third kappa shape index (κ3) is 6.41. The summed E-state index contributed by atoms with van der Waals surface area (Å²) in [5.41, 5.74) is 0.669. The summed E-state index contributed by atoms with van der Waals surface area (Å²) in [6.45, 7) is 6.94. The maximum Gasteiger partial charge on any atom is 0.244 e. The van der Waals surface area contributed by atoms with Crippen molar-refractivity contribution < 1.29 is 22.3 Å². The van der Waals surface area contributed by atoms with E-state index >= 15 is 0 Å². The van der Waals surface area contributed by atoms with Crippen molar-refractivity contribution in [3.05, 3.63) is 47.9 Å². The van der Waals surface area contributed by atoms with Gasteiger partial charge in [-0.25, -0.2) is 17.8 Å². The van der Waals surface area contributed by atoms with Crippen LogP contribution in [0.4, 0.5) is 4.39 Å². The molecule has 1 amide bonds. The quantitative estimate of drug-likeness (QED) is 0.469. The van der Waals surface area contributed by atoms with Gasteiger partial charge >= 0.3 is 0 Å². The molecule has 0 atom stereocenters. The third-order valence-corrected chi connectivity index (χ3v) is 7.68. The molecular formula is C21H28FN3O4S2. The van der Waals surface area contributed by atoms with Crippen LogP contribution in [0.3, 0.4) is 0 Å². The molecule has 1 heterocycles. The zero-order valence-electron chi connectivity index (χ0n) is 18.2. The van der Waals surface area contributed by atoms with Gasteiger partial charge in [-0.05, 0) is 36.8 Å². The average molecular weight is 470 g/mol. The molecule has 0 N–H and O–H groups in total. The molecule has 0 aliphatic carbocycles. The predicted molar refractivity (Wildman–Crippen MR) is 119 cm³/mol. The van der Waals surface area contributed by atoms with E-state index in [1.807, 2.05) is 6.92 Å². The van der Waals surface area contributed by atoms with Gasteiger partial charge in [-0.15, -0.1) is 0 Å². The average Bonchev–Trinajstić information content (AvgIpc) is 2.76. The van der Waals surface area contributed by atoms with Crippen molar-refractivity contribution in [1.29, 1.82) is 0 Å². The fraction of sp³-hybridized carbons (Fsp3) is 0.429. The van der Waals surface area contributed by atoms with E-state index in [9.17, 15) is 17.6 Å². The topological polar surface area (TPSA) is 79.8 Å². The normalized spacial score (nSPS) is 11.5. The first kappa shape index (κ1) is 25.1. The van der Waals surface area contributed by atoms with Gasteiger partial charge in [0, 0.05) is 32.4 Å². The van der Waals surface area contributed by atoms with E-state index in [-0.39, 0.29) is 28.8 Å². The lowest BCUT2D eigenvalue weighted by atomic mass is 10.2. The molecule has 0 unspecified atom stereocenters. The molecule has 170 valence electrons. The molecule has 0 saturated heterocycles. The monoisotopic (exact) mass is 469 g/mol. The Labute approximate surface area is 187 Å². The fourth-order valence-corrected chi connectivity index (χ4v) is 5.10. The number of amides is 1. The Kier molecular flexibility index (Phi) is 9.27. The summed E-state index contributed by atoms with van der Waals surface area (Å²) >= 11 is 1.23. The molecule has 2 aromatic rings. The van der Waals surface area contributed by atoms with Crippen LogP contribution in [0.25, 0.3) is 0 Å². The van der Waals surface area contributed by atoms with Crippen molar-refractivity contribution in [2.75, 3.05) is 32.5 Å². The third-order valence-electron chi connectivity index (χ3n) is 4.72. The number of aromatic nitrogens is 1. The van der Waals surface area contributed by atoms with Crippen molar-refractivity contribution in [3.63, 3.8) is 0 Å². The molecule has 0 bridgehead atoms. The van der Waals surface area contributed by atoms with Gasteiger partial charge in [0.1, 0.15) is 4.90 Å². The van der Waals surface area contributed by atoms with Crippen molar-refractivity contribution in [2.45, 2.75) is 37.2 Å². The number of ether oxygens (including phenoxy) is 1. The van der Waals surface area contributed by atoms with Crippen LogP contribution in [0, 0.1) is 5.82 Å². The van der Waals surface area contributed by atoms with Crippen LogP contribution in [0.2, 0.25) is 0 Å². The molecule has 7 nitrogen and oxygen atoms in total. The minimum absolute atomic E-state index is 0.120. The minimum atomic E-state index is -3.56. The van der Waals surface area contributed by atoms with Crippen LogP contribution in [0.15, 0.2) is 46.5 Å². The lowest BCUT2D eigenvalue weighted by Crippen LogP contribution is -2.31. The van der Waals surface area contributed by atoms with Gasteiger partial charge in [0.05, 0.1) is 17.9 Å². The van der Waals surface area contributed by atoms with Gasteiger partial charge < -0.3 is 9.64 Å². The highest BCUT2D eigenvalue weighted by molar-refractivity contribution is 7.99. The first-order chi connectivity index (χ1) is 14.8. The Hall–Kier alpha value is -2.17. The number of carbonyl (C=O) groups excluding carboxylic acids is 1. The highest BCUT2D eigenvalue weighted by atomic mass is 32.2. The van der Waals surface area contributed by atoms with E-state index in [1.165, 1.54) is 47.6 Å². The number of halogens is 1. The molecule has 2 rings (SSSR count). The number of sulfonamides is 1. The lowest BCUT2D eigenvalue weighted by molar-refractivity contribution is -0.128. The summed E-state index contributed by atoms with van der Waals surface area (Å²) in [5, 5.41) is 0.554. The molecule has 10 heteroatoms. The second kappa shape index (κ2) is 11.4. The van der Waals surface area contributed by atoms with Gasteiger partial charge in [0.15, 0.2) is 11.6 Å². The van der Waals surface area contributed by atoms with Gasteiger partial charge in [0.2, 0.25) is 15.9 Å². The Morgan fingerprint density at radius 2 is 1.84 bits per heavy atom. The number of methoxy groups -OCH3 is 1. The molecule has 0 radical (unpaired) electrons. The zero-order chi connectivity index (χ0) is 23.0. The number of hydrogen-bond acceptors (Lipinski definition) is 6. The lowest BCUT2D eigenvalue weighted by Gasteiger charge is -2.21. The largest absolute Gasteiger partial charge is 0.494 e. The Morgan fingerprint density at radius 3 is 2.35 bits per heavy atom. The van der Waals surface area contributed by atoms with Crippen molar-refractivity contribution in [1.82, 2.24) is 14.2 Å². The number of thioether (sulfide) groups is 1. The summed E-state index contributed by atoms with van der Waals surface area (Å²) in [5.74, 6) is -0.292. The van der Waals surface area contributed by atoms with Gasteiger partial charge in [-0.3, -0.25) is 4.79 Å². The van der Waals surface area contributed by atoms with E-state index in [0.717, 1.165) is 0 Å². The predicted octanol–water partition coefficient (Wildman–Crippen LogP) is 3.40. The second-order valence-corrected chi connectivity index (χ2v) is 9.52. The molecule has 1 aromatic heterocycles. The van der Waals surface area contributed by atoms with Crippen LogP contribution >= 0.6 is 11.8 Å². The Bertz CT molecular complexity index is 981. The summed E-state index contributed by atoms with van der Waals surface area (Å²) < 4.78 is 45.2. The number of pyridine rings is 1. The first-order valence-electron chi connectivity index (χ1n) is 9.95. The second-order valence-electron chi connectivity index (χ2n) is 6.59.